The van der Waals surface area contributed by atoms with Crippen molar-refractivity contribution in [3.8, 4) is 0 Å². The molecule has 128 valence electrons. The number of nitrogens with zero attached hydrogens (tertiary/aromatic N) is 1. The van der Waals surface area contributed by atoms with Crippen molar-refractivity contribution in [2.45, 2.75) is 17.9 Å². The largest absolute Gasteiger partial charge is 0.279 e. The summed E-state index contributed by atoms with van der Waals surface area (Å²) in [4.78, 5) is 11.6. The van der Waals surface area contributed by atoms with Gasteiger partial charge in [0.15, 0.2) is 0 Å². The molecule has 0 fully saturated rings. The quantitative estimate of drug-likeness (QED) is 0.416. The number of anilines is 1. The van der Waals surface area contributed by atoms with Gasteiger partial charge in [0.1, 0.15) is 6.04 Å². The molecular weight excluding hydrogens is 507 g/mol. The van der Waals surface area contributed by atoms with Gasteiger partial charge in [0, 0.05) is 3.57 Å². The molecule has 1 unspecified atom stereocenters. The summed E-state index contributed by atoms with van der Waals surface area (Å²) in [6.45, 7) is 1.42. The van der Waals surface area contributed by atoms with E-state index in [-0.39, 0.29) is 14.9 Å². The van der Waals surface area contributed by atoms with Gasteiger partial charge in [-0.2, -0.15) is 0 Å². The Kier molecular flexibility index (Phi) is 6.41. The number of hydrogen-bond donors (Lipinski definition) is 0. The number of hydrogen-bond acceptors (Lipinski definition) is 3. The van der Waals surface area contributed by atoms with Crippen LogP contribution in [0.25, 0.3) is 0 Å². The first-order chi connectivity index (χ1) is 11.1. The Balaban J connectivity index is 2.65. The third-order valence-corrected chi connectivity index (χ3v) is 6.81. The third-order valence-electron chi connectivity index (χ3n) is 3.19. The van der Waals surface area contributed by atoms with Gasteiger partial charge in [-0.1, -0.05) is 29.3 Å². The molecule has 0 amide bonds. The van der Waals surface area contributed by atoms with E-state index in [4.69, 9.17) is 34.8 Å². The number of carbonyl (C=O) groups is 1. The van der Waals surface area contributed by atoms with Crippen LogP contribution in [0.15, 0.2) is 47.4 Å². The topological polar surface area (TPSA) is 54.5 Å². The van der Waals surface area contributed by atoms with E-state index in [1.54, 1.807) is 24.3 Å². The lowest BCUT2D eigenvalue weighted by Gasteiger charge is -2.28. The summed E-state index contributed by atoms with van der Waals surface area (Å²) in [5.41, 5.74) is 0.328. The van der Waals surface area contributed by atoms with Gasteiger partial charge in [0.05, 0.1) is 20.6 Å². The van der Waals surface area contributed by atoms with Crippen molar-refractivity contribution in [3.63, 3.8) is 0 Å². The molecule has 0 saturated heterocycles. The van der Waals surface area contributed by atoms with Gasteiger partial charge in [-0.3, -0.25) is 9.10 Å². The minimum Gasteiger partial charge on any atom is -0.279 e. The molecule has 0 heterocycles. The van der Waals surface area contributed by atoms with Crippen molar-refractivity contribution in [1.82, 2.24) is 0 Å². The number of benzene rings is 2. The second kappa shape index (κ2) is 7.78. The molecule has 0 aromatic heterocycles. The summed E-state index contributed by atoms with van der Waals surface area (Å²) in [7, 11) is -4.07. The minimum absolute atomic E-state index is 0.0828. The summed E-state index contributed by atoms with van der Waals surface area (Å²) < 4.78 is 27.9. The van der Waals surface area contributed by atoms with Crippen LogP contribution in [0.1, 0.15) is 6.92 Å². The number of sulfonamides is 1. The molecule has 0 spiro atoms. The van der Waals surface area contributed by atoms with Gasteiger partial charge in [-0.05, 0) is 77.5 Å². The van der Waals surface area contributed by atoms with Crippen LogP contribution in [0.3, 0.4) is 0 Å². The van der Waals surface area contributed by atoms with Crippen LogP contribution in [0.4, 0.5) is 5.69 Å². The molecule has 1 atom stereocenters. The van der Waals surface area contributed by atoms with Gasteiger partial charge in [0.2, 0.25) is 5.24 Å². The first-order valence-electron chi connectivity index (χ1n) is 6.59. The highest BCUT2D eigenvalue weighted by atomic mass is 127. The molecular formula is C15H11Cl3INO3S. The fourth-order valence-corrected chi connectivity index (χ4v) is 4.71. The predicted octanol–water partition coefficient (Wildman–Crippen LogP) is 4.95. The summed E-state index contributed by atoms with van der Waals surface area (Å²) in [5.74, 6) is 0. The summed E-state index contributed by atoms with van der Waals surface area (Å²) in [6, 6.07) is 9.60. The number of rotatable bonds is 5. The Morgan fingerprint density at radius 1 is 1.12 bits per heavy atom. The normalized spacial score (nSPS) is 12.7. The maximum absolute atomic E-state index is 13.1. The standard InChI is InChI=1S/C15H11Cl3INO3S/c1-9(15(18)21)20(11-4-2-3-10(19)7-11)24(22,23)12-5-6-13(16)14(17)8-12/h2-9H,1H3. The third kappa shape index (κ3) is 4.16. The average molecular weight is 519 g/mol. The van der Waals surface area contributed by atoms with Crippen LogP contribution < -0.4 is 4.31 Å². The van der Waals surface area contributed by atoms with Crippen LogP contribution in [0.5, 0.6) is 0 Å². The van der Waals surface area contributed by atoms with Crippen LogP contribution in [0, 0.1) is 3.57 Å². The van der Waals surface area contributed by atoms with E-state index in [1.165, 1.54) is 25.1 Å². The van der Waals surface area contributed by atoms with Crippen LogP contribution in [-0.4, -0.2) is 19.7 Å². The maximum Gasteiger partial charge on any atom is 0.265 e. The Morgan fingerprint density at radius 3 is 2.33 bits per heavy atom. The van der Waals surface area contributed by atoms with Crippen LogP contribution in [-0.2, 0) is 14.8 Å². The molecule has 2 aromatic carbocycles. The lowest BCUT2D eigenvalue weighted by atomic mass is 10.3. The molecule has 2 aromatic rings. The molecule has 2 rings (SSSR count). The maximum atomic E-state index is 13.1. The summed E-state index contributed by atoms with van der Waals surface area (Å²) in [6.07, 6.45) is 0. The highest BCUT2D eigenvalue weighted by Gasteiger charge is 2.33. The Hall–Kier alpha value is -0.540. The van der Waals surface area contributed by atoms with E-state index in [2.05, 4.69) is 22.6 Å². The molecule has 24 heavy (non-hydrogen) atoms. The molecule has 9 heteroatoms. The van der Waals surface area contributed by atoms with Crippen molar-refractivity contribution in [2.24, 2.45) is 0 Å². The van der Waals surface area contributed by atoms with E-state index >= 15 is 0 Å². The molecule has 0 aliphatic heterocycles. The van der Waals surface area contributed by atoms with Crippen molar-refractivity contribution in [1.29, 1.82) is 0 Å². The lowest BCUT2D eigenvalue weighted by molar-refractivity contribution is -0.112. The van der Waals surface area contributed by atoms with Crippen molar-refractivity contribution >= 4 is 78.3 Å². The fraction of sp³-hybridized carbons (Fsp3) is 0.133. The average Bonchev–Trinajstić information content (AvgIpc) is 2.49. The van der Waals surface area contributed by atoms with E-state index < -0.39 is 21.3 Å². The highest BCUT2D eigenvalue weighted by molar-refractivity contribution is 14.1. The molecule has 0 bridgehead atoms. The lowest BCUT2D eigenvalue weighted by Crippen LogP contribution is -2.42. The Morgan fingerprint density at radius 2 is 1.79 bits per heavy atom. The second-order valence-corrected chi connectivity index (χ2v) is 9.08. The zero-order chi connectivity index (χ0) is 18.1. The van der Waals surface area contributed by atoms with E-state index in [0.29, 0.717) is 5.69 Å². The van der Waals surface area contributed by atoms with E-state index in [9.17, 15) is 13.2 Å². The van der Waals surface area contributed by atoms with Crippen LogP contribution >= 0.6 is 57.4 Å². The zero-order valence-corrected chi connectivity index (χ0v) is 17.5. The SMILES string of the molecule is CC(C(=O)Cl)N(c1cccc(I)c1)S(=O)(=O)c1ccc(Cl)c(Cl)c1. The smallest absolute Gasteiger partial charge is 0.265 e. The number of carbonyl (C=O) groups excluding carboxylic acids is 1. The Labute approximate surface area is 168 Å². The van der Waals surface area contributed by atoms with Crippen molar-refractivity contribution in [3.05, 3.63) is 56.1 Å². The highest BCUT2D eigenvalue weighted by Crippen LogP contribution is 2.31. The van der Waals surface area contributed by atoms with Gasteiger partial charge < -0.3 is 0 Å². The van der Waals surface area contributed by atoms with Crippen molar-refractivity contribution < 1.29 is 13.2 Å². The van der Waals surface area contributed by atoms with Crippen molar-refractivity contribution in [2.75, 3.05) is 4.31 Å². The molecule has 0 radical (unpaired) electrons. The van der Waals surface area contributed by atoms with E-state index in [0.717, 1.165) is 7.88 Å². The monoisotopic (exact) mass is 517 g/mol. The fourth-order valence-electron chi connectivity index (χ4n) is 2.03. The summed E-state index contributed by atoms with van der Waals surface area (Å²) >= 11 is 19.4. The van der Waals surface area contributed by atoms with Gasteiger partial charge >= 0.3 is 0 Å². The number of halogens is 4. The second-order valence-electron chi connectivity index (χ2n) is 4.84. The molecule has 0 aliphatic carbocycles. The minimum atomic E-state index is -4.07. The van der Waals surface area contributed by atoms with Gasteiger partial charge in [-0.15, -0.1) is 0 Å². The Bertz CT molecular complexity index is 889. The van der Waals surface area contributed by atoms with Gasteiger partial charge in [-0.25, -0.2) is 8.42 Å². The molecule has 0 N–H and O–H groups in total. The van der Waals surface area contributed by atoms with E-state index in [1.807, 2.05) is 0 Å². The first-order valence-corrected chi connectivity index (χ1v) is 10.2. The van der Waals surface area contributed by atoms with Crippen LogP contribution in [0.2, 0.25) is 10.0 Å². The summed E-state index contributed by atoms with van der Waals surface area (Å²) in [5, 5.41) is -0.458. The molecule has 0 saturated carbocycles. The van der Waals surface area contributed by atoms with Gasteiger partial charge in [0.25, 0.3) is 10.0 Å². The molecule has 4 nitrogen and oxygen atoms in total. The molecule has 0 aliphatic rings. The first kappa shape index (κ1) is 19.8. The zero-order valence-electron chi connectivity index (χ0n) is 12.2. The predicted molar refractivity (Wildman–Crippen MR) is 106 cm³/mol.